The fraction of sp³-hybridized carbons (Fsp3) is 0.920. The predicted octanol–water partition coefficient (Wildman–Crippen LogP) is 6.42. The number of ether oxygens (including phenoxy) is 3. The van der Waals surface area contributed by atoms with Gasteiger partial charge < -0.3 is 14.2 Å². The summed E-state index contributed by atoms with van der Waals surface area (Å²) in [5.74, 6) is 0.824. The lowest BCUT2D eigenvalue weighted by Gasteiger charge is -2.48. The molecule has 2 atom stereocenters. The van der Waals surface area contributed by atoms with E-state index in [1.54, 1.807) is 0 Å². The third-order valence-electron chi connectivity index (χ3n) is 6.11. The van der Waals surface area contributed by atoms with Crippen LogP contribution in [0.15, 0.2) is 0 Å². The van der Waals surface area contributed by atoms with Gasteiger partial charge in [-0.1, -0.05) is 39.0 Å². The fourth-order valence-corrected chi connectivity index (χ4v) is 6.11. The second kappa shape index (κ2) is 12.6. The van der Waals surface area contributed by atoms with E-state index in [0.29, 0.717) is 35.5 Å². The maximum absolute atomic E-state index is 12.2. The molecule has 2 rings (SSSR count). The smallest absolute Gasteiger partial charge is 0.306 e. The number of ketones is 1. The molecular weight excluding hydrogens is 412 g/mol. The first-order chi connectivity index (χ1) is 14.6. The zero-order chi connectivity index (χ0) is 22.9. The van der Waals surface area contributed by atoms with Crippen LogP contribution in [-0.4, -0.2) is 40.4 Å². The Hall–Kier alpha value is -0.590. The number of hydrogen-bond donors (Lipinski definition) is 0. The van der Waals surface area contributed by atoms with Crippen molar-refractivity contribution in [1.82, 2.24) is 0 Å². The molecule has 2 aliphatic rings. The van der Waals surface area contributed by atoms with Gasteiger partial charge in [0, 0.05) is 30.4 Å². The second-order valence-corrected chi connectivity index (χ2v) is 11.4. The molecule has 0 aromatic rings. The van der Waals surface area contributed by atoms with Crippen molar-refractivity contribution in [3.8, 4) is 0 Å². The van der Waals surface area contributed by atoms with E-state index in [1.807, 2.05) is 39.5 Å². The molecule has 1 saturated carbocycles. The Morgan fingerprint density at radius 2 is 1.71 bits per heavy atom. The van der Waals surface area contributed by atoms with E-state index in [1.165, 1.54) is 0 Å². The van der Waals surface area contributed by atoms with Crippen LogP contribution in [-0.2, 0) is 23.8 Å². The molecule has 0 amide bonds. The van der Waals surface area contributed by atoms with Crippen molar-refractivity contribution in [2.75, 3.05) is 5.75 Å². The number of hydrogen-bond acceptors (Lipinski definition) is 6. The molecule has 5 nitrogen and oxygen atoms in total. The Labute approximate surface area is 193 Å². The maximum Gasteiger partial charge on any atom is 0.306 e. The quantitative estimate of drug-likeness (QED) is 0.222. The number of carbonyl (C=O) groups is 2. The van der Waals surface area contributed by atoms with Crippen molar-refractivity contribution in [3.63, 3.8) is 0 Å². The van der Waals surface area contributed by atoms with Gasteiger partial charge >= 0.3 is 5.97 Å². The standard InChI is InChI=1S/C25H44O5S/c1-6-7-10-13-20(26)18-31-22-16-17-25(28-19(2)29-25)21(22)14-11-8-9-12-15-23(27)30-24(3,4)5/h19,21-22H,6-18H2,1-5H3. The SMILES string of the molecule is CCCCCC(=O)CSC1CCC2(OC(C)O2)C1CCCCCCC(=O)OC(C)(C)C. The van der Waals surface area contributed by atoms with Crippen LogP contribution in [0.2, 0.25) is 0 Å². The minimum Gasteiger partial charge on any atom is -0.460 e. The van der Waals surface area contributed by atoms with Crippen molar-refractivity contribution in [2.24, 2.45) is 5.92 Å². The van der Waals surface area contributed by atoms with Crippen molar-refractivity contribution in [1.29, 1.82) is 0 Å². The first kappa shape index (κ1) is 26.7. The van der Waals surface area contributed by atoms with Gasteiger partial charge in [-0.15, -0.1) is 0 Å². The molecule has 1 aliphatic carbocycles. The highest BCUT2D eigenvalue weighted by Gasteiger charge is 2.57. The Morgan fingerprint density at radius 3 is 2.35 bits per heavy atom. The highest BCUT2D eigenvalue weighted by atomic mass is 32.2. The van der Waals surface area contributed by atoms with Gasteiger partial charge in [0.15, 0.2) is 12.1 Å². The molecule has 1 heterocycles. The number of thioether (sulfide) groups is 1. The largest absolute Gasteiger partial charge is 0.460 e. The minimum absolute atomic E-state index is 0.104. The number of Topliss-reactive ketones (excluding diaryl/α,β-unsaturated/α-hetero) is 1. The lowest BCUT2D eigenvalue weighted by Crippen LogP contribution is -2.55. The lowest BCUT2D eigenvalue weighted by molar-refractivity contribution is -0.457. The third kappa shape index (κ3) is 9.05. The van der Waals surface area contributed by atoms with Crippen molar-refractivity contribution < 1.29 is 23.8 Å². The molecule has 31 heavy (non-hydrogen) atoms. The van der Waals surface area contributed by atoms with Gasteiger partial charge in [-0.2, -0.15) is 11.8 Å². The van der Waals surface area contributed by atoms with E-state index in [2.05, 4.69) is 6.92 Å². The first-order valence-corrected chi connectivity index (χ1v) is 13.4. The van der Waals surface area contributed by atoms with Gasteiger partial charge in [0.2, 0.25) is 0 Å². The summed E-state index contributed by atoms with van der Waals surface area (Å²) in [7, 11) is 0. The highest BCUT2D eigenvalue weighted by molar-refractivity contribution is 8.00. The molecule has 1 spiro atoms. The van der Waals surface area contributed by atoms with Gasteiger partial charge in [0.25, 0.3) is 0 Å². The molecular formula is C25H44O5S. The second-order valence-electron chi connectivity index (χ2n) is 10.1. The summed E-state index contributed by atoms with van der Waals surface area (Å²) in [6.45, 7) is 9.83. The van der Waals surface area contributed by atoms with Gasteiger partial charge in [-0.3, -0.25) is 9.59 Å². The van der Waals surface area contributed by atoms with Gasteiger partial charge in [0.05, 0.1) is 5.75 Å². The summed E-state index contributed by atoms with van der Waals surface area (Å²) in [4.78, 5) is 24.1. The van der Waals surface area contributed by atoms with Crippen LogP contribution in [0.4, 0.5) is 0 Å². The van der Waals surface area contributed by atoms with Crippen LogP contribution in [0.5, 0.6) is 0 Å². The zero-order valence-electron chi connectivity index (χ0n) is 20.4. The normalized spacial score (nSPS) is 28.0. The van der Waals surface area contributed by atoms with Crippen LogP contribution in [0.3, 0.4) is 0 Å². The molecule has 1 aliphatic heterocycles. The van der Waals surface area contributed by atoms with Crippen LogP contribution < -0.4 is 0 Å². The predicted molar refractivity (Wildman–Crippen MR) is 126 cm³/mol. The molecule has 1 saturated heterocycles. The molecule has 6 heteroatoms. The van der Waals surface area contributed by atoms with E-state index >= 15 is 0 Å². The zero-order valence-corrected chi connectivity index (χ0v) is 21.2. The third-order valence-corrected chi connectivity index (χ3v) is 7.59. The fourth-order valence-electron chi connectivity index (χ4n) is 4.71. The molecule has 0 aromatic heterocycles. The van der Waals surface area contributed by atoms with E-state index < -0.39 is 11.4 Å². The Kier molecular flexibility index (Phi) is 10.8. The summed E-state index contributed by atoms with van der Waals surface area (Å²) in [6, 6.07) is 0. The topological polar surface area (TPSA) is 61.8 Å². The monoisotopic (exact) mass is 456 g/mol. The summed E-state index contributed by atoms with van der Waals surface area (Å²) in [5, 5.41) is 0.435. The highest BCUT2D eigenvalue weighted by Crippen LogP contribution is 2.52. The summed E-state index contributed by atoms with van der Waals surface area (Å²) in [5.41, 5.74) is -0.405. The molecule has 0 radical (unpaired) electrons. The average molecular weight is 457 g/mol. The van der Waals surface area contributed by atoms with Gasteiger partial charge in [-0.05, 0) is 53.4 Å². The number of carbonyl (C=O) groups excluding carboxylic acids is 2. The summed E-state index contributed by atoms with van der Waals surface area (Å²) >= 11 is 1.82. The van der Waals surface area contributed by atoms with Gasteiger partial charge in [-0.25, -0.2) is 0 Å². The lowest BCUT2D eigenvalue weighted by atomic mass is 9.93. The molecule has 2 fully saturated rings. The number of unbranched alkanes of at least 4 members (excludes halogenated alkanes) is 5. The van der Waals surface area contributed by atoms with Gasteiger partial charge in [0.1, 0.15) is 11.4 Å². The number of rotatable bonds is 14. The Balaban J connectivity index is 1.71. The van der Waals surface area contributed by atoms with Crippen molar-refractivity contribution >= 4 is 23.5 Å². The van der Waals surface area contributed by atoms with E-state index in [-0.39, 0.29) is 12.3 Å². The van der Waals surface area contributed by atoms with Crippen LogP contribution in [0.1, 0.15) is 112 Å². The molecule has 2 unspecified atom stereocenters. The summed E-state index contributed by atoms with van der Waals surface area (Å²) < 4.78 is 17.6. The molecule has 0 N–H and O–H groups in total. The van der Waals surface area contributed by atoms with E-state index in [4.69, 9.17) is 14.2 Å². The molecule has 180 valence electrons. The summed E-state index contributed by atoms with van der Waals surface area (Å²) in [6.07, 6.45) is 11.5. The van der Waals surface area contributed by atoms with Crippen LogP contribution in [0.25, 0.3) is 0 Å². The number of esters is 1. The Bertz CT molecular complexity index is 565. The van der Waals surface area contributed by atoms with Crippen molar-refractivity contribution in [2.45, 2.75) is 135 Å². The molecule has 0 aromatic carbocycles. The Morgan fingerprint density at radius 1 is 1.03 bits per heavy atom. The first-order valence-electron chi connectivity index (χ1n) is 12.4. The van der Waals surface area contributed by atoms with E-state index in [9.17, 15) is 9.59 Å². The average Bonchev–Trinajstić information content (AvgIpc) is 3.00. The minimum atomic E-state index is -0.418. The van der Waals surface area contributed by atoms with E-state index in [0.717, 1.165) is 64.2 Å². The van der Waals surface area contributed by atoms with Crippen LogP contribution >= 0.6 is 11.8 Å². The maximum atomic E-state index is 12.2. The molecule has 0 bridgehead atoms. The van der Waals surface area contributed by atoms with Crippen molar-refractivity contribution in [3.05, 3.63) is 0 Å². The van der Waals surface area contributed by atoms with Crippen LogP contribution in [0, 0.1) is 5.92 Å².